The number of rotatable bonds is 5. The fraction of sp³-hybridized carbons (Fsp3) is 0.0566. The van der Waals surface area contributed by atoms with Gasteiger partial charge in [0.15, 0.2) is 0 Å². The number of aromatic amines is 2. The fourth-order valence-electron chi connectivity index (χ4n) is 8.15. The number of nitrogens with zero attached hydrogens (tertiary/aromatic N) is 2. The molecule has 284 valence electrons. The first-order valence-electron chi connectivity index (χ1n) is 19.8. The maximum atomic E-state index is 10.7. The summed E-state index contributed by atoms with van der Waals surface area (Å²) in [5.41, 5.74) is 20.0. The minimum Gasteiger partial charge on any atom is -0.508 e. The summed E-state index contributed by atoms with van der Waals surface area (Å²) in [5, 5.41) is 20.9. The first kappa shape index (κ1) is 35.7. The Morgan fingerprint density at radius 1 is 0.356 bits per heavy atom. The highest BCUT2D eigenvalue weighted by atomic mass is 16.3. The van der Waals surface area contributed by atoms with Crippen molar-refractivity contribution in [3.05, 3.63) is 179 Å². The molecular weight excluding hydrogens is 725 g/mol. The second-order valence-electron chi connectivity index (χ2n) is 15.4. The topological polar surface area (TPSA) is 97.8 Å². The van der Waals surface area contributed by atoms with Crippen LogP contribution in [0.4, 0.5) is 0 Å². The molecule has 2 aliphatic rings. The predicted octanol–water partition coefficient (Wildman–Crippen LogP) is 13.3. The Morgan fingerprint density at radius 3 is 1.00 bits per heavy atom. The molecule has 2 aliphatic heterocycles. The van der Waals surface area contributed by atoms with E-state index in [1.807, 2.05) is 24.3 Å². The lowest BCUT2D eigenvalue weighted by Crippen LogP contribution is -1.90. The molecule has 0 saturated carbocycles. The van der Waals surface area contributed by atoms with Crippen LogP contribution in [0, 0.1) is 20.8 Å². The Bertz CT molecular complexity index is 3120. The van der Waals surface area contributed by atoms with Crippen LogP contribution in [-0.4, -0.2) is 30.1 Å². The highest BCUT2D eigenvalue weighted by Crippen LogP contribution is 2.40. The van der Waals surface area contributed by atoms with E-state index in [-0.39, 0.29) is 11.5 Å². The lowest BCUT2D eigenvalue weighted by Gasteiger charge is -2.09. The second kappa shape index (κ2) is 14.4. The molecule has 0 atom stereocenters. The molecule has 6 nitrogen and oxygen atoms in total. The number of aromatic hydroxyl groups is 2. The Balaban J connectivity index is 1.32. The fourth-order valence-corrected chi connectivity index (χ4v) is 8.15. The van der Waals surface area contributed by atoms with Crippen molar-refractivity contribution >= 4 is 46.4 Å². The number of aromatic nitrogens is 4. The highest BCUT2D eigenvalue weighted by molar-refractivity contribution is 6.00. The molecule has 0 aliphatic carbocycles. The van der Waals surface area contributed by atoms with Gasteiger partial charge < -0.3 is 20.2 Å². The van der Waals surface area contributed by atoms with Crippen LogP contribution in [0.15, 0.2) is 140 Å². The van der Waals surface area contributed by atoms with Gasteiger partial charge in [0.1, 0.15) is 11.5 Å². The van der Waals surface area contributed by atoms with Crippen molar-refractivity contribution in [2.45, 2.75) is 20.8 Å². The SMILES string of the molecule is Cc1ccc(-c2c3nc(c(-c4ccc(C)cc4)c4ccc([nH]4)c(-c4ccc(-c5cc(O)ccc5O)cc4)c4nc(c(-c5ccc(C)cc5)c5ccc2[nH]5)C=C4)C=C3)cc1. The van der Waals surface area contributed by atoms with Crippen LogP contribution in [0.25, 0.3) is 102 Å². The molecule has 10 rings (SSSR count). The van der Waals surface area contributed by atoms with Crippen LogP contribution in [0.5, 0.6) is 11.5 Å². The van der Waals surface area contributed by atoms with Gasteiger partial charge in [0.2, 0.25) is 0 Å². The van der Waals surface area contributed by atoms with Gasteiger partial charge >= 0.3 is 0 Å². The van der Waals surface area contributed by atoms with E-state index in [1.165, 1.54) is 28.8 Å². The average Bonchev–Trinajstić information content (AvgIpc) is 4.09. The van der Waals surface area contributed by atoms with Crippen molar-refractivity contribution in [1.82, 2.24) is 19.9 Å². The molecule has 0 amide bonds. The monoisotopic (exact) mass is 764 g/mol. The lowest BCUT2D eigenvalue weighted by molar-refractivity contribution is 0.462. The predicted molar refractivity (Wildman–Crippen MR) is 244 cm³/mol. The van der Waals surface area contributed by atoms with E-state index >= 15 is 0 Å². The summed E-state index contributed by atoms with van der Waals surface area (Å²) in [6.07, 6.45) is 8.44. The minimum atomic E-state index is 0.0902. The molecule has 0 spiro atoms. The Morgan fingerprint density at radius 2 is 0.661 bits per heavy atom. The number of phenolic OH excluding ortho intramolecular Hbond substituents is 2. The molecule has 59 heavy (non-hydrogen) atoms. The smallest absolute Gasteiger partial charge is 0.123 e. The van der Waals surface area contributed by atoms with Crippen molar-refractivity contribution in [2.75, 3.05) is 0 Å². The third-order valence-corrected chi connectivity index (χ3v) is 11.2. The zero-order valence-electron chi connectivity index (χ0n) is 32.9. The van der Waals surface area contributed by atoms with Crippen LogP contribution in [0.3, 0.4) is 0 Å². The molecule has 0 unspecified atom stereocenters. The summed E-state index contributed by atoms with van der Waals surface area (Å²) < 4.78 is 0. The Labute approximate surface area is 342 Å². The number of aryl methyl sites for hydroxylation is 3. The Hall–Kier alpha value is -7.70. The van der Waals surface area contributed by atoms with Gasteiger partial charge in [-0.05, 0) is 115 Å². The normalized spacial score (nSPS) is 12.0. The molecule has 6 heteroatoms. The van der Waals surface area contributed by atoms with Gasteiger partial charge in [-0.15, -0.1) is 0 Å². The zero-order valence-corrected chi connectivity index (χ0v) is 32.9. The summed E-state index contributed by atoms with van der Waals surface area (Å²) in [5.74, 6) is 0.190. The number of nitrogens with one attached hydrogen (secondary N) is 2. The summed E-state index contributed by atoms with van der Waals surface area (Å²) in [7, 11) is 0. The van der Waals surface area contributed by atoms with E-state index in [9.17, 15) is 10.2 Å². The van der Waals surface area contributed by atoms with Crippen molar-refractivity contribution in [1.29, 1.82) is 0 Å². The van der Waals surface area contributed by atoms with Gasteiger partial charge in [-0.25, -0.2) is 9.97 Å². The third kappa shape index (κ3) is 6.60. The van der Waals surface area contributed by atoms with Crippen molar-refractivity contribution < 1.29 is 10.2 Å². The molecular formula is C53H40N4O2. The van der Waals surface area contributed by atoms with Crippen LogP contribution in [0.2, 0.25) is 0 Å². The van der Waals surface area contributed by atoms with Crippen LogP contribution in [-0.2, 0) is 0 Å². The van der Waals surface area contributed by atoms with Crippen LogP contribution < -0.4 is 0 Å². The number of hydrogen-bond donors (Lipinski definition) is 4. The average molecular weight is 765 g/mol. The summed E-state index contributed by atoms with van der Waals surface area (Å²) in [4.78, 5) is 18.5. The molecule has 8 aromatic rings. The molecule has 5 heterocycles. The van der Waals surface area contributed by atoms with Gasteiger partial charge in [0.25, 0.3) is 0 Å². The first-order chi connectivity index (χ1) is 28.8. The number of phenols is 2. The Kier molecular flexibility index (Phi) is 8.68. The zero-order chi connectivity index (χ0) is 40.2. The number of benzene rings is 5. The van der Waals surface area contributed by atoms with E-state index in [1.54, 1.807) is 6.07 Å². The van der Waals surface area contributed by atoms with E-state index in [2.05, 4.69) is 152 Å². The molecule has 5 aromatic carbocycles. The van der Waals surface area contributed by atoms with Crippen molar-refractivity contribution in [2.24, 2.45) is 0 Å². The van der Waals surface area contributed by atoms with Crippen LogP contribution in [0.1, 0.15) is 39.5 Å². The standard InChI is InChI=1S/C53H40N4O2/c1-31-4-10-35(11-5-31)50-41-21-23-43(54-41)51(36-12-6-32(2)7-13-36)45-25-27-47(56-45)53(38-18-16-34(17-19-38)40-30-39(58)20-29-49(40)59)48-28-26-46(57-48)52(44-24-22-42(50)55-44)37-14-8-33(3)9-15-37/h4-30,54,57-59H,1-3H3. The van der Waals surface area contributed by atoms with Crippen LogP contribution >= 0.6 is 0 Å². The number of hydrogen-bond acceptors (Lipinski definition) is 4. The lowest BCUT2D eigenvalue weighted by atomic mass is 9.98. The molecule has 4 N–H and O–H groups in total. The maximum absolute atomic E-state index is 10.7. The first-order valence-corrected chi connectivity index (χ1v) is 19.8. The van der Waals surface area contributed by atoms with Gasteiger partial charge in [-0.2, -0.15) is 0 Å². The van der Waals surface area contributed by atoms with Gasteiger partial charge in [-0.3, -0.25) is 0 Å². The summed E-state index contributed by atoms with van der Waals surface area (Å²) in [6.45, 7) is 6.31. The van der Waals surface area contributed by atoms with E-state index in [0.29, 0.717) is 5.56 Å². The van der Waals surface area contributed by atoms with E-state index < -0.39 is 0 Å². The number of fused-ring (bicyclic) bond motifs is 8. The number of H-pyrrole nitrogens is 2. The summed E-state index contributed by atoms with van der Waals surface area (Å²) >= 11 is 0. The summed E-state index contributed by atoms with van der Waals surface area (Å²) in [6, 6.07) is 47.0. The van der Waals surface area contributed by atoms with Crippen molar-refractivity contribution in [3.63, 3.8) is 0 Å². The van der Waals surface area contributed by atoms with E-state index in [4.69, 9.17) is 9.97 Å². The molecule has 8 bridgehead atoms. The van der Waals surface area contributed by atoms with E-state index in [0.717, 1.165) is 94.9 Å². The minimum absolute atomic E-state index is 0.0902. The quantitative estimate of drug-likeness (QED) is 0.131. The molecule has 0 saturated heterocycles. The van der Waals surface area contributed by atoms with Gasteiger partial charge in [-0.1, -0.05) is 114 Å². The second-order valence-corrected chi connectivity index (χ2v) is 15.4. The van der Waals surface area contributed by atoms with Gasteiger partial charge in [0, 0.05) is 49.9 Å². The molecule has 0 radical (unpaired) electrons. The highest BCUT2D eigenvalue weighted by Gasteiger charge is 2.19. The van der Waals surface area contributed by atoms with Crippen molar-refractivity contribution in [3.8, 4) is 67.1 Å². The maximum Gasteiger partial charge on any atom is 0.123 e. The molecule has 0 fully saturated rings. The third-order valence-electron chi connectivity index (χ3n) is 11.2. The largest absolute Gasteiger partial charge is 0.508 e. The molecule has 3 aromatic heterocycles. The van der Waals surface area contributed by atoms with Gasteiger partial charge in [0.05, 0.1) is 22.8 Å².